The number of hydrogen-bond donors (Lipinski definition) is 9. The molecular weight excluding hydrogens is 895 g/mol. The summed E-state index contributed by atoms with van der Waals surface area (Å²) in [5.41, 5.74) is 0. The Hall–Kier alpha value is -2.31. The summed E-state index contributed by atoms with van der Waals surface area (Å²) < 4.78 is 22.6. The molecule has 12 unspecified atom stereocenters. The predicted octanol–water partition coefficient (Wildman–Crippen LogP) is 8.22. The van der Waals surface area contributed by atoms with Gasteiger partial charge in [-0.15, -0.1) is 0 Å². The topological polar surface area (TPSA) is 228 Å². The Morgan fingerprint density at radius 2 is 0.957 bits per heavy atom. The van der Waals surface area contributed by atoms with E-state index in [2.05, 4.69) is 67.8 Å². The maximum atomic E-state index is 13.2. The second-order valence-electron chi connectivity index (χ2n) is 19.3. The Bertz CT molecular complexity index is 1410. The maximum absolute atomic E-state index is 13.2. The van der Waals surface area contributed by atoms with Crippen LogP contribution >= 0.6 is 0 Å². The van der Waals surface area contributed by atoms with Crippen LogP contribution in [0.1, 0.15) is 194 Å². The lowest BCUT2D eigenvalue weighted by atomic mass is 9.97. The van der Waals surface area contributed by atoms with Crippen LogP contribution in [-0.2, 0) is 23.7 Å². The van der Waals surface area contributed by atoms with Gasteiger partial charge in [-0.05, 0) is 70.6 Å². The maximum Gasteiger partial charge on any atom is 0.220 e. The van der Waals surface area contributed by atoms with Crippen LogP contribution < -0.4 is 5.32 Å². The number of hydrogen-bond acceptors (Lipinski definition) is 13. The molecule has 12 atom stereocenters. The van der Waals surface area contributed by atoms with Gasteiger partial charge in [0.15, 0.2) is 12.6 Å². The summed E-state index contributed by atoms with van der Waals surface area (Å²) in [5, 5.41) is 86.6. The molecule has 2 fully saturated rings. The highest BCUT2D eigenvalue weighted by Gasteiger charge is 2.51. The van der Waals surface area contributed by atoms with Crippen molar-refractivity contribution in [2.75, 3.05) is 19.8 Å². The van der Waals surface area contributed by atoms with Crippen molar-refractivity contribution in [1.82, 2.24) is 5.32 Å². The van der Waals surface area contributed by atoms with Crippen molar-refractivity contribution in [3.63, 3.8) is 0 Å². The number of amides is 1. The van der Waals surface area contributed by atoms with Gasteiger partial charge in [0, 0.05) is 6.42 Å². The molecule has 0 radical (unpaired) electrons. The number of carbonyl (C=O) groups is 1. The van der Waals surface area contributed by atoms with Crippen molar-refractivity contribution >= 4 is 5.91 Å². The molecule has 406 valence electrons. The van der Waals surface area contributed by atoms with Crippen LogP contribution in [-0.4, -0.2) is 140 Å². The molecule has 1 amide bonds. The molecule has 2 rings (SSSR count). The summed E-state index contributed by atoms with van der Waals surface area (Å²) in [5.74, 6) is -0.256. The van der Waals surface area contributed by atoms with Crippen LogP contribution in [0.3, 0.4) is 0 Å². The number of carbonyl (C=O) groups excluding carboxylic acids is 1. The van der Waals surface area contributed by atoms with Gasteiger partial charge in [-0.3, -0.25) is 4.79 Å². The summed E-state index contributed by atoms with van der Waals surface area (Å²) in [7, 11) is 0. The van der Waals surface area contributed by atoms with Gasteiger partial charge >= 0.3 is 0 Å². The van der Waals surface area contributed by atoms with Crippen LogP contribution in [0.5, 0.6) is 0 Å². The van der Waals surface area contributed by atoms with E-state index < -0.39 is 86.8 Å². The minimum atomic E-state index is -1.79. The first-order chi connectivity index (χ1) is 34.1. The molecule has 14 nitrogen and oxygen atoms in total. The van der Waals surface area contributed by atoms with E-state index in [1.165, 1.54) is 109 Å². The van der Waals surface area contributed by atoms with Gasteiger partial charge in [-0.1, -0.05) is 177 Å². The number of ether oxygens (including phenoxy) is 4. The molecule has 2 heterocycles. The normalized spacial score (nSPS) is 26.4. The molecule has 9 N–H and O–H groups in total. The first-order valence-corrected chi connectivity index (χ1v) is 27.5. The van der Waals surface area contributed by atoms with Crippen molar-refractivity contribution in [1.29, 1.82) is 0 Å². The van der Waals surface area contributed by atoms with Crippen LogP contribution in [0.15, 0.2) is 60.8 Å². The molecule has 2 aliphatic heterocycles. The van der Waals surface area contributed by atoms with Crippen molar-refractivity contribution < 1.29 is 64.6 Å². The fourth-order valence-corrected chi connectivity index (χ4v) is 8.67. The third-order valence-electron chi connectivity index (χ3n) is 13.2. The first-order valence-electron chi connectivity index (χ1n) is 27.5. The Kier molecular flexibility index (Phi) is 38.4. The lowest BCUT2D eigenvalue weighted by Gasteiger charge is -2.46. The standard InChI is InChI=1S/C56H99NO13/c1-3-5-7-9-11-13-14-15-16-17-18-19-20-21-22-23-24-25-26-27-28-29-30-32-34-36-38-40-48(61)57-44(45(60)39-37-35-33-31-12-10-8-6-4-2)43-67-55-53(66)51(64)54(47(42-59)69-55)70-56-52(65)50(63)49(62)46(41-58)68-56/h12,14-15,17-18,20-21,31,37,39,44-47,49-56,58-60,62-66H,3-11,13,16,19,22-30,32-36,38,40-43H2,1-2H3,(H,57,61)/b15-14-,18-17-,21-20-,31-12+,39-37+. The van der Waals surface area contributed by atoms with E-state index in [0.717, 1.165) is 51.4 Å². The molecule has 70 heavy (non-hydrogen) atoms. The van der Waals surface area contributed by atoms with E-state index in [4.69, 9.17) is 18.9 Å². The number of allylic oxidation sites excluding steroid dienone is 9. The fraction of sp³-hybridized carbons (Fsp3) is 0.804. The van der Waals surface area contributed by atoms with E-state index >= 15 is 0 Å². The highest BCUT2D eigenvalue weighted by atomic mass is 16.7. The van der Waals surface area contributed by atoms with E-state index in [9.17, 15) is 45.6 Å². The van der Waals surface area contributed by atoms with E-state index in [0.29, 0.717) is 12.8 Å². The average Bonchev–Trinajstić information content (AvgIpc) is 3.36. The van der Waals surface area contributed by atoms with Gasteiger partial charge in [-0.2, -0.15) is 0 Å². The highest BCUT2D eigenvalue weighted by Crippen LogP contribution is 2.30. The summed E-state index contributed by atoms with van der Waals surface area (Å²) in [6.45, 7) is 2.69. The second kappa shape index (κ2) is 42.1. The van der Waals surface area contributed by atoms with Gasteiger partial charge in [0.25, 0.3) is 0 Å². The Morgan fingerprint density at radius 3 is 1.53 bits per heavy atom. The molecule has 14 heteroatoms. The Labute approximate surface area is 422 Å². The lowest BCUT2D eigenvalue weighted by molar-refractivity contribution is -0.359. The smallest absolute Gasteiger partial charge is 0.220 e. The van der Waals surface area contributed by atoms with Crippen molar-refractivity contribution in [3.8, 4) is 0 Å². The first kappa shape index (κ1) is 63.8. The number of unbranched alkanes of at least 4 members (excludes halogenated alkanes) is 21. The second-order valence-corrected chi connectivity index (χ2v) is 19.3. The highest BCUT2D eigenvalue weighted by molar-refractivity contribution is 5.76. The molecular formula is C56H99NO13. The summed E-state index contributed by atoms with van der Waals surface area (Å²) in [4.78, 5) is 13.2. The number of rotatable bonds is 42. The number of nitrogens with one attached hydrogen (secondary N) is 1. The SMILES string of the molecule is CCCCC/C=C/CC/C=C/C(O)C(COC1OC(CO)C(OC2OC(CO)C(O)C(O)C2O)C(O)C1O)NC(=O)CCCCCCCCCCCCCC/C=C\C/C=C\C/C=C\CCCCCCC. The zero-order valence-corrected chi connectivity index (χ0v) is 43.2. The quantitative estimate of drug-likeness (QED) is 0.0208. The fourth-order valence-electron chi connectivity index (χ4n) is 8.67. The molecule has 0 spiro atoms. The van der Waals surface area contributed by atoms with Gasteiger partial charge in [-0.25, -0.2) is 0 Å². The molecule has 0 aromatic rings. The number of aliphatic hydroxyl groups is 8. The zero-order chi connectivity index (χ0) is 51.0. The average molecular weight is 994 g/mol. The Morgan fingerprint density at radius 1 is 0.514 bits per heavy atom. The number of aliphatic hydroxyl groups excluding tert-OH is 8. The van der Waals surface area contributed by atoms with E-state index in [1.54, 1.807) is 6.08 Å². The minimum Gasteiger partial charge on any atom is -0.394 e. The van der Waals surface area contributed by atoms with Crippen molar-refractivity contribution in [3.05, 3.63) is 60.8 Å². The van der Waals surface area contributed by atoms with Crippen molar-refractivity contribution in [2.45, 2.75) is 267 Å². The van der Waals surface area contributed by atoms with Gasteiger partial charge in [0.1, 0.15) is 48.8 Å². The zero-order valence-electron chi connectivity index (χ0n) is 43.2. The Balaban J connectivity index is 1.70. The monoisotopic (exact) mass is 994 g/mol. The van der Waals surface area contributed by atoms with Crippen LogP contribution in [0.4, 0.5) is 0 Å². The van der Waals surface area contributed by atoms with E-state index in [-0.39, 0.29) is 18.9 Å². The molecule has 0 saturated carbocycles. The van der Waals surface area contributed by atoms with Crippen LogP contribution in [0, 0.1) is 0 Å². The summed E-state index contributed by atoms with van der Waals surface area (Å²) in [6.07, 6.45) is 35.8. The molecule has 2 aliphatic rings. The molecule has 0 aromatic carbocycles. The van der Waals surface area contributed by atoms with Gasteiger partial charge in [0.05, 0.1) is 32.0 Å². The largest absolute Gasteiger partial charge is 0.394 e. The predicted molar refractivity (Wildman–Crippen MR) is 277 cm³/mol. The third kappa shape index (κ3) is 28.2. The molecule has 0 bridgehead atoms. The van der Waals surface area contributed by atoms with Crippen LogP contribution in [0.2, 0.25) is 0 Å². The summed E-state index contributed by atoms with van der Waals surface area (Å²) in [6, 6.07) is -0.932. The van der Waals surface area contributed by atoms with Crippen LogP contribution in [0.25, 0.3) is 0 Å². The van der Waals surface area contributed by atoms with Crippen molar-refractivity contribution in [2.24, 2.45) is 0 Å². The third-order valence-corrected chi connectivity index (χ3v) is 13.2. The van der Waals surface area contributed by atoms with E-state index in [1.807, 2.05) is 6.08 Å². The summed E-state index contributed by atoms with van der Waals surface area (Å²) >= 11 is 0. The lowest BCUT2D eigenvalue weighted by Crippen LogP contribution is -2.65. The minimum absolute atomic E-state index is 0.256. The molecule has 0 aliphatic carbocycles. The van der Waals surface area contributed by atoms with Gasteiger partial charge < -0.3 is 65.1 Å². The van der Waals surface area contributed by atoms with Gasteiger partial charge in [0.2, 0.25) is 5.91 Å². The molecule has 0 aromatic heterocycles. The molecule has 2 saturated heterocycles.